The molecule has 1 heterocycles. The lowest BCUT2D eigenvalue weighted by Crippen LogP contribution is -2.48. The molecule has 0 aliphatic carbocycles. The molecule has 1 aliphatic heterocycles. The highest BCUT2D eigenvalue weighted by Crippen LogP contribution is 2.42. The molecule has 0 spiro atoms. The molecule has 0 aromatic carbocycles. The van der Waals surface area contributed by atoms with Crippen LogP contribution in [0.3, 0.4) is 0 Å². The summed E-state index contributed by atoms with van der Waals surface area (Å²) in [5.74, 6) is 0.212. The molecule has 4 nitrogen and oxygen atoms in total. The summed E-state index contributed by atoms with van der Waals surface area (Å²) >= 11 is 0. The summed E-state index contributed by atoms with van der Waals surface area (Å²) in [5.41, 5.74) is 1.78. The molecule has 0 unspecified atom stereocenters. The predicted octanol–water partition coefficient (Wildman–Crippen LogP) is 5.27. The van der Waals surface area contributed by atoms with E-state index in [0.29, 0.717) is 22.5 Å². The zero-order valence-corrected chi connectivity index (χ0v) is 17.9. The SMILES string of the molecule is CC(=O)O[C@H]1CC[C@H](C)[C@@H](CCO[Si](C(C)C)(C(C)C)C(C)C)O1. The van der Waals surface area contributed by atoms with Crippen LogP contribution in [0.4, 0.5) is 0 Å². The van der Waals surface area contributed by atoms with Gasteiger partial charge in [0.2, 0.25) is 6.29 Å². The highest BCUT2D eigenvalue weighted by atomic mass is 28.4. The quantitative estimate of drug-likeness (QED) is 0.438. The van der Waals surface area contributed by atoms with Crippen molar-refractivity contribution < 1.29 is 18.7 Å². The Hall–Kier alpha value is -0.393. The van der Waals surface area contributed by atoms with Gasteiger partial charge < -0.3 is 13.9 Å². The van der Waals surface area contributed by atoms with Gasteiger partial charge in [0.25, 0.3) is 0 Å². The number of hydrogen-bond donors (Lipinski definition) is 0. The molecule has 0 bridgehead atoms. The Labute approximate surface area is 149 Å². The number of hydrogen-bond acceptors (Lipinski definition) is 4. The second-order valence-electron chi connectivity index (χ2n) is 8.22. The molecule has 24 heavy (non-hydrogen) atoms. The van der Waals surface area contributed by atoms with Crippen molar-refractivity contribution in [2.24, 2.45) is 5.92 Å². The zero-order chi connectivity index (χ0) is 18.5. The highest BCUT2D eigenvalue weighted by molar-refractivity contribution is 6.77. The van der Waals surface area contributed by atoms with Crippen molar-refractivity contribution in [1.29, 1.82) is 0 Å². The van der Waals surface area contributed by atoms with Crippen molar-refractivity contribution in [2.75, 3.05) is 6.61 Å². The first-order valence-electron chi connectivity index (χ1n) is 9.57. The first-order valence-corrected chi connectivity index (χ1v) is 11.7. The first kappa shape index (κ1) is 21.6. The summed E-state index contributed by atoms with van der Waals surface area (Å²) in [4.78, 5) is 11.1. The minimum absolute atomic E-state index is 0.112. The molecular weight excluding hydrogens is 320 g/mol. The first-order chi connectivity index (χ1) is 11.1. The maximum absolute atomic E-state index is 11.1. The van der Waals surface area contributed by atoms with Crippen molar-refractivity contribution in [3.63, 3.8) is 0 Å². The predicted molar refractivity (Wildman–Crippen MR) is 100 cm³/mol. The van der Waals surface area contributed by atoms with Crippen LogP contribution in [-0.2, 0) is 18.7 Å². The Kier molecular flexibility index (Phi) is 8.43. The molecule has 0 radical (unpaired) electrons. The zero-order valence-electron chi connectivity index (χ0n) is 16.9. The minimum atomic E-state index is -1.82. The number of rotatable bonds is 8. The standard InChI is InChI=1S/C19H38O4Si/c1-13(2)24(14(3)4,15(5)6)21-12-11-18-16(7)9-10-19(23-18)22-17(8)20/h13-16,18-19H,9-12H2,1-8H3/t16-,18+,19+/m0/s1. The van der Waals surface area contributed by atoms with Crippen LogP contribution in [0.25, 0.3) is 0 Å². The normalized spacial score (nSPS) is 25.5. The monoisotopic (exact) mass is 358 g/mol. The van der Waals surface area contributed by atoms with Crippen molar-refractivity contribution in [3.8, 4) is 0 Å². The van der Waals surface area contributed by atoms with Crippen LogP contribution in [0.5, 0.6) is 0 Å². The largest absolute Gasteiger partial charge is 0.436 e. The topological polar surface area (TPSA) is 44.8 Å². The van der Waals surface area contributed by atoms with Crippen LogP contribution < -0.4 is 0 Å². The van der Waals surface area contributed by atoms with E-state index in [-0.39, 0.29) is 18.4 Å². The Bertz CT molecular complexity index is 373. The minimum Gasteiger partial charge on any atom is -0.436 e. The van der Waals surface area contributed by atoms with Crippen LogP contribution in [0.1, 0.15) is 74.7 Å². The molecule has 1 saturated heterocycles. The van der Waals surface area contributed by atoms with Gasteiger partial charge >= 0.3 is 5.97 Å². The lowest BCUT2D eigenvalue weighted by molar-refractivity contribution is -0.211. The Morgan fingerprint density at radius 3 is 2.08 bits per heavy atom. The van der Waals surface area contributed by atoms with Gasteiger partial charge in [-0.2, -0.15) is 0 Å². The third kappa shape index (κ3) is 5.30. The van der Waals surface area contributed by atoms with Gasteiger partial charge in [0.15, 0.2) is 8.32 Å². The fourth-order valence-corrected chi connectivity index (χ4v) is 9.93. The summed E-state index contributed by atoms with van der Waals surface area (Å²) in [6.45, 7) is 18.2. The molecule has 5 heteroatoms. The summed E-state index contributed by atoms with van der Waals surface area (Å²) in [6, 6.07) is 0. The Morgan fingerprint density at radius 1 is 1.08 bits per heavy atom. The highest BCUT2D eigenvalue weighted by Gasteiger charge is 2.45. The van der Waals surface area contributed by atoms with E-state index < -0.39 is 8.32 Å². The fraction of sp³-hybridized carbons (Fsp3) is 0.947. The number of ether oxygens (including phenoxy) is 2. The van der Waals surface area contributed by atoms with Gasteiger partial charge in [-0.05, 0) is 35.4 Å². The molecule has 3 atom stereocenters. The molecule has 142 valence electrons. The van der Waals surface area contributed by atoms with E-state index in [2.05, 4.69) is 48.5 Å². The van der Waals surface area contributed by atoms with Gasteiger partial charge in [-0.25, -0.2) is 0 Å². The average molecular weight is 359 g/mol. The average Bonchev–Trinajstić information content (AvgIpc) is 2.44. The second kappa shape index (κ2) is 9.34. The molecule has 0 saturated carbocycles. The second-order valence-corrected chi connectivity index (χ2v) is 13.7. The van der Waals surface area contributed by atoms with Gasteiger partial charge in [-0.3, -0.25) is 4.79 Å². The summed E-state index contributed by atoms with van der Waals surface area (Å²) in [7, 11) is -1.82. The third-order valence-corrected chi connectivity index (χ3v) is 11.7. The lowest BCUT2D eigenvalue weighted by atomic mass is 9.94. The number of esters is 1. The summed E-state index contributed by atoms with van der Waals surface area (Å²) in [5, 5.41) is 0. The molecule has 1 rings (SSSR count). The number of carbonyl (C=O) groups is 1. The molecule has 1 fully saturated rings. The van der Waals surface area contributed by atoms with Gasteiger partial charge in [-0.1, -0.05) is 48.5 Å². The molecule has 1 aliphatic rings. The molecule has 0 N–H and O–H groups in total. The van der Waals surface area contributed by atoms with Gasteiger partial charge in [0.1, 0.15) is 0 Å². The van der Waals surface area contributed by atoms with Crippen LogP contribution in [0.2, 0.25) is 16.6 Å². The summed E-state index contributed by atoms with van der Waals surface area (Å²) in [6.07, 6.45) is 2.43. The van der Waals surface area contributed by atoms with Crippen LogP contribution in [-0.4, -0.2) is 33.3 Å². The van der Waals surface area contributed by atoms with Gasteiger partial charge in [0, 0.05) is 20.0 Å². The van der Waals surface area contributed by atoms with E-state index in [1.807, 2.05) is 0 Å². The van der Waals surface area contributed by atoms with Crippen molar-refractivity contribution >= 4 is 14.3 Å². The Morgan fingerprint density at radius 2 is 1.62 bits per heavy atom. The molecule has 0 aromatic heterocycles. The van der Waals surface area contributed by atoms with E-state index >= 15 is 0 Å². The van der Waals surface area contributed by atoms with Crippen molar-refractivity contribution in [1.82, 2.24) is 0 Å². The van der Waals surface area contributed by atoms with Crippen molar-refractivity contribution in [2.45, 2.75) is 104 Å². The smallest absolute Gasteiger partial charge is 0.304 e. The lowest BCUT2D eigenvalue weighted by Gasteiger charge is -2.43. The number of carbonyl (C=O) groups excluding carboxylic acids is 1. The van der Waals surface area contributed by atoms with E-state index in [4.69, 9.17) is 13.9 Å². The van der Waals surface area contributed by atoms with E-state index in [9.17, 15) is 4.79 Å². The molecular formula is C19H38O4Si. The maximum atomic E-state index is 11.1. The van der Waals surface area contributed by atoms with Crippen LogP contribution >= 0.6 is 0 Å². The van der Waals surface area contributed by atoms with Gasteiger partial charge in [0.05, 0.1) is 6.10 Å². The van der Waals surface area contributed by atoms with Crippen LogP contribution in [0, 0.1) is 5.92 Å². The third-order valence-electron chi connectivity index (χ3n) is 5.58. The van der Waals surface area contributed by atoms with Crippen molar-refractivity contribution in [3.05, 3.63) is 0 Å². The van der Waals surface area contributed by atoms with E-state index in [1.165, 1.54) is 6.92 Å². The summed E-state index contributed by atoms with van der Waals surface area (Å²) < 4.78 is 17.9. The maximum Gasteiger partial charge on any atom is 0.304 e. The molecule has 0 amide bonds. The van der Waals surface area contributed by atoms with E-state index in [0.717, 1.165) is 25.9 Å². The van der Waals surface area contributed by atoms with Crippen LogP contribution in [0.15, 0.2) is 0 Å². The fourth-order valence-electron chi connectivity index (χ4n) is 4.46. The molecule has 0 aromatic rings. The van der Waals surface area contributed by atoms with Gasteiger partial charge in [-0.15, -0.1) is 0 Å². The Balaban J connectivity index is 2.64. The van der Waals surface area contributed by atoms with E-state index in [1.54, 1.807) is 0 Å².